The van der Waals surface area contributed by atoms with Gasteiger partial charge in [0.15, 0.2) is 0 Å². The summed E-state index contributed by atoms with van der Waals surface area (Å²) in [4.78, 5) is 10.9. The molecule has 1 aromatic heterocycles. The minimum absolute atomic E-state index is 0.222. The molecule has 0 radical (unpaired) electrons. The Morgan fingerprint density at radius 3 is 2.80 bits per heavy atom. The van der Waals surface area contributed by atoms with Crippen LogP contribution < -0.4 is 5.32 Å². The SMILES string of the molecule is CC12CCC(C1)C(C)(C)C2NCc1cc(C(=O)O)co1. The molecule has 3 rings (SSSR count). The zero-order valence-electron chi connectivity index (χ0n) is 12.4. The molecule has 4 heteroatoms. The van der Waals surface area contributed by atoms with Crippen LogP contribution in [0.1, 0.15) is 56.2 Å². The predicted octanol–water partition coefficient (Wildman–Crippen LogP) is 3.28. The van der Waals surface area contributed by atoms with Crippen LogP contribution in [0, 0.1) is 16.7 Å². The summed E-state index contributed by atoms with van der Waals surface area (Å²) in [6.07, 6.45) is 5.24. The van der Waals surface area contributed by atoms with Gasteiger partial charge in [0.05, 0.1) is 12.1 Å². The lowest BCUT2D eigenvalue weighted by Gasteiger charge is -2.43. The molecule has 2 aliphatic rings. The highest BCUT2D eigenvalue weighted by atomic mass is 16.4. The third-order valence-corrected chi connectivity index (χ3v) is 5.65. The molecule has 2 saturated carbocycles. The van der Waals surface area contributed by atoms with E-state index in [-0.39, 0.29) is 5.56 Å². The topological polar surface area (TPSA) is 62.5 Å². The van der Waals surface area contributed by atoms with E-state index < -0.39 is 5.97 Å². The highest BCUT2D eigenvalue weighted by Gasteiger charge is 2.58. The highest BCUT2D eigenvalue weighted by molar-refractivity contribution is 5.87. The smallest absolute Gasteiger partial charge is 0.338 e. The lowest BCUT2D eigenvalue weighted by molar-refractivity contribution is 0.0696. The second kappa shape index (κ2) is 4.35. The highest BCUT2D eigenvalue weighted by Crippen LogP contribution is 2.62. The summed E-state index contributed by atoms with van der Waals surface area (Å²) in [6.45, 7) is 7.68. The van der Waals surface area contributed by atoms with Gasteiger partial charge in [0.25, 0.3) is 0 Å². The fourth-order valence-electron chi connectivity index (χ4n) is 4.60. The Labute approximate surface area is 119 Å². The van der Waals surface area contributed by atoms with Crippen molar-refractivity contribution in [3.8, 4) is 0 Å². The molecule has 2 aliphatic carbocycles. The number of fused-ring (bicyclic) bond motifs is 2. The molecule has 0 amide bonds. The van der Waals surface area contributed by atoms with E-state index in [4.69, 9.17) is 9.52 Å². The predicted molar refractivity (Wildman–Crippen MR) is 75.5 cm³/mol. The lowest BCUT2D eigenvalue weighted by Crippen LogP contribution is -2.49. The molecule has 0 aromatic carbocycles. The van der Waals surface area contributed by atoms with E-state index in [1.54, 1.807) is 6.07 Å². The zero-order chi connectivity index (χ0) is 14.5. The van der Waals surface area contributed by atoms with E-state index in [2.05, 4.69) is 26.1 Å². The number of carboxylic acids is 1. The summed E-state index contributed by atoms with van der Waals surface area (Å²) in [7, 11) is 0. The van der Waals surface area contributed by atoms with Gasteiger partial charge in [-0.05, 0) is 42.1 Å². The van der Waals surface area contributed by atoms with Crippen molar-refractivity contribution in [1.82, 2.24) is 5.32 Å². The third kappa shape index (κ3) is 1.97. The van der Waals surface area contributed by atoms with Crippen molar-refractivity contribution in [1.29, 1.82) is 0 Å². The quantitative estimate of drug-likeness (QED) is 0.886. The van der Waals surface area contributed by atoms with Gasteiger partial charge in [-0.2, -0.15) is 0 Å². The maximum absolute atomic E-state index is 10.9. The van der Waals surface area contributed by atoms with Crippen LogP contribution in [-0.4, -0.2) is 17.1 Å². The Hall–Kier alpha value is -1.29. The Bertz CT molecular complexity index is 529. The number of hydrogen-bond acceptors (Lipinski definition) is 3. The third-order valence-electron chi connectivity index (χ3n) is 5.65. The molecule has 2 N–H and O–H groups in total. The van der Waals surface area contributed by atoms with Gasteiger partial charge in [0, 0.05) is 6.04 Å². The number of aromatic carboxylic acids is 1. The first-order valence-corrected chi connectivity index (χ1v) is 7.37. The van der Waals surface area contributed by atoms with Crippen LogP contribution in [0.25, 0.3) is 0 Å². The second-order valence-corrected chi connectivity index (χ2v) is 7.34. The first-order valence-electron chi connectivity index (χ1n) is 7.37. The average Bonchev–Trinajstić information content (AvgIpc) is 2.99. The average molecular weight is 277 g/mol. The number of furan rings is 1. The van der Waals surface area contributed by atoms with Crippen LogP contribution in [-0.2, 0) is 6.54 Å². The minimum atomic E-state index is -0.938. The monoisotopic (exact) mass is 277 g/mol. The number of hydrogen-bond donors (Lipinski definition) is 2. The first kappa shape index (κ1) is 13.7. The van der Waals surface area contributed by atoms with E-state index in [0.29, 0.717) is 29.2 Å². The van der Waals surface area contributed by atoms with Crippen LogP contribution in [0.2, 0.25) is 0 Å². The van der Waals surface area contributed by atoms with Gasteiger partial charge < -0.3 is 14.8 Å². The second-order valence-electron chi connectivity index (χ2n) is 7.34. The Morgan fingerprint density at radius 1 is 1.50 bits per heavy atom. The molecule has 0 aliphatic heterocycles. The largest absolute Gasteiger partial charge is 0.478 e. The molecule has 2 fully saturated rings. The van der Waals surface area contributed by atoms with E-state index >= 15 is 0 Å². The van der Waals surface area contributed by atoms with Crippen LogP contribution in [0.4, 0.5) is 0 Å². The van der Waals surface area contributed by atoms with Crippen LogP contribution in [0.3, 0.4) is 0 Å². The maximum atomic E-state index is 10.9. The zero-order valence-corrected chi connectivity index (χ0v) is 12.4. The Balaban J connectivity index is 1.70. The van der Waals surface area contributed by atoms with Crippen molar-refractivity contribution >= 4 is 5.97 Å². The van der Waals surface area contributed by atoms with Crippen molar-refractivity contribution in [2.24, 2.45) is 16.7 Å². The molecule has 0 saturated heterocycles. The number of carbonyl (C=O) groups is 1. The normalized spacial score (nSPS) is 34.5. The van der Waals surface area contributed by atoms with Gasteiger partial charge in [-0.15, -0.1) is 0 Å². The summed E-state index contributed by atoms with van der Waals surface area (Å²) in [5.41, 5.74) is 0.895. The molecular weight excluding hydrogens is 254 g/mol. The Morgan fingerprint density at radius 2 is 2.25 bits per heavy atom. The van der Waals surface area contributed by atoms with Crippen LogP contribution in [0.5, 0.6) is 0 Å². The summed E-state index contributed by atoms with van der Waals surface area (Å²) in [5.74, 6) is 0.563. The summed E-state index contributed by atoms with van der Waals surface area (Å²) in [6, 6.07) is 2.07. The standard InChI is InChI=1S/C16H23NO3/c1-15(2)11-4-5-16(3,7-11)14(15)17-8-12-6-10(9-20-12)13(18)19/h6,9,11,14,17H,4-5,7-8H2,1-3H3,(H,18,19). The Kier molecular flexibility index (Phi) is 2.98. The van der Waals surface area contributed by atoms with Crippen molar-refractivity contribution in [3.05, 3.63) is 23.7 Å². The molecule has 0 spiro atoms. The minimum Gasteiger partial charge on any atom is -0.478 e. The van der Waals surface area contributed by atoms with E-state index in [0.717, 1.165) is 5.92 Å². The molecule has 3 atom stereocenters. The molecule has 20 heavy (non-hydrogen) atoms. The molecule has 4 nitrogen and oxygen atoms in total. The van der Waals surface area contributed by atoms with Crippen LogP contribution >= 0.6 is 0 Å². The first-order chi connectivity index (χ1) is 9.33. The summed E-state index contributed by atoms with van der Waals surface area (Å²) < 4.78 is 5.32. The fraction of sp³-hybridized carbons (Fsp3) is 0.688. The van der Waals surface area contributed by atoms with Crippen molar-refractivity contribution < 1.29 is 14.3 Å². The fourth-order valence-corrected chi connectivity index (χ4v) is 4.60. The lowest BCUT2D eigenvalue weighted by atomic mass is 9.68. The molecule has 110 valence electrons. The van der Waals surface area contributed by atoms with E-state index in [1.165, 1.54) is 25.5 Å². The summed E-state index contributed by atoms with van der Waals surface area (Å²) >= 11 is 0. The maximum Gasteiger partial charge on any atom is 0.338 e. The van der Waals surface area contributed by atoms with Gasteiger partial charge >= 0.3 is 5.97 Å². The number of rotatable bonds is 4. The number of nitrogens with one attached hydrogen (secondary N) is 1. The van der Waals surface area contributed by atoms with Gasteiger partial charge in [-0.1, -0.05) is 20.8 Å². The molecule has 1 heterocycles. The van der Waals surface area contributed by atoms with Crippen molar-refractivity contribution in [2.75, 3.05) is 0 Å². The molecule has 2 bridgehead atoms. The van der Waals surface area contributed by atoms with Crippen molar-refractivity contribution in [2.45, 2.75) is 52.6 Å². The number of carboxylic acid groups (broad SMARTS) is 1. The molecular formula is C16H23NO3. The van der Waals surface area contributed by atoms with Gasteiger partial charge in [-0.25, -0.2) is 4.79 Å². The van der Waals surface area contributed by atoms with Gasteiger partial charge in [-0.3, -0.25) is 0 Å². The van der Waals surface area contributed by atoms with E-state index in [1.807, 2.05) is 0 Å². The van der Waals surface area contributed by atoms with Gasteiger partial charge in [0.1, 0.15) is 12.0 Å². The summed E-state index contributed by atoms with van der Waals surface area (Å²) in [5, 5.41) is 12.5. The van der Waals surface area contributed by atoms with Crippen LogP contribution in [0.15, 0.2) is 16.7 Å². The van der Waals surface area contributed by atoms with E-state index in [9.17, 15) is 4.79 Å². The molecule has 1 aromatic rings. The van der Waals surface area contributed by atoms with Crippen molar-refractivity contribution in [3.63, 3.8) is 0 Å². The van der Waals surface area contributed by atoms with Gasteiger partial charge in [0.2, 0.25) is 0 Å². The molecule has 3 unspecified atom stereocenters.